The van der Waals surface area contributed by atoms with E-state index in [0.29, 0.717) is 11.4 Å². The molecule has 2 aromatic rings. The molecule has 0 saturated carbocycles. The molecule has 0 aromatic carbocycles. The van der Waals surface area contributed by atoms with Crippen molar-refractivity contribution in [3.05, 3.63) is 21.6 Å². The Hall–Kier alpha value is -0.810. The Morgan fingerprint density at radius 1 is 1.62 bits per heavy atom. The van der Waals surface area contributed by atoms with Gasteiger partial charge in [-0.15, -0.1) is 11.3 Å². The minimum atomic E-state index is 0.578. The minimum Gasteiger partial charge on any atom is -0.394 e. The van der Waals surface area contributed by atoms with Gasteiger partial charge in [-0.25, -0.2) is 0 Å². The van der Waals surface area contributed by atoms with Gasteiger partial charge < -0.3 is 10.3 Å². The molecule has 2 heterocycles. The summed E-state index contributed by atoms with van der Waals surface area (Å²) in [5.41, 5.74) is 6.24. The van der Waals surface area contributed by atoms with E-state index in [1.54, 1.807) is 11.3 Å². The molecule has 0 atom stereocenters. The van der Waals surface area contributed by atoms with Crippen molar-refractivity contribution in [1.29, 1.82) is 0 Å². The van der Waals surface area contributed by atoms with E-state index in [1.807, 2.05) is 13.0 Å². The summed E-state index contributed by atoms with van der Waals surface area (Å²) in [5, 5.41) is 3.63. The lowest BCUT2D eigenvalue weighted by Crippen LogP contribution is -1.81. The summed E-state index contributed by atoms with van der Waals surface area (Å²) in [4.78, 5) is 2.20. The largest absolute Gasteiger partial charge is 0.394 e. The summed E-state index contributed by atoms with van der Waals surface area (Å²) in [5.74, 6) is 0.652. The highest BCUT2D eigenvalue weighted by atomic mass is 79.9. The molecule has 0 saturated heterocycles. The van der Waals surface area contributed by atoms with Gasteiger partial charge in [-0.3, -0.25) is 0 Å². The van der Waals surface area contributed by atoms with Crippen LogP contribution < -0.4 is 5.73 Å². The smallest absolute Gasteiger partial charge is 0.199 e. The lowest BCUT2D eigenvalue weighted by Gasteiger charge is -1.88. The highest BCUT2D eigenvalue weighted by molar-refractivity contribution is 9.10. The Labute approximate surface area is 87.7 Å². The molecular formula is C8H7BrN2OS. The van der Waals surface area contributed by atoms with E-state index in [0.717, 1.165) is 9.35 Å². The zero-order valence-corrected chi connectivity index (χ0v) is 9.28. The zero-order valence-electron chi connectivity index (χ0n) is 6.87. The van der Waals surface area contributed by atoms with Crippen molar-refractivity contribution in [1.82, 2.24) is 5.16 Å². The fourth-order valence-electron chi connectivity index (χ4n) is 1.01. The predicted octanol–water partition coefficient (Wildman–Crippen LogP) is 3.06. The molecular weight excluding hydrogens is 252 g/mol. The maximum atomic E-state index is 5.67. The first-order valence-corrected chi connectivity index (χ1v) is 5.26. The van der Waals surface area contributed by atoms with Crippen LogP contribution in [0.3, 0.4) is 0 Å². The van der Waals surface area contributed by atoms with E-state index >= 15 is 0 Å². The number of hydrogen-bond acceptors (Lipinski definition) is 4. The fourth-order valence-corrected chi connectivity index (χ4v) is 2.54. The number of nitrogen functional groups attached to an aromatic ring is 1. The summed E-state index contributed by atoms with van der Waals surface area (Å²) < 4.78 is 6.11. The maximum Gasteiger partial charge on any atom is 0.199 e. The second-order valence-corrected chi connectivity index (χ2v) is 4.74. The summed E-state index contributed by atoms with van der Waals surface area (Å²) in [6, 6.07) is 1.98. The molecule has 0 spiro atoms. The van der Waals surface area contributed by atoms with Crippen LogP contribution in [0.2, 0.25) is 0 Å². The van der Waals surface area contributed by atoms with E-state index < -0.39 is 0 Å². The van der Waals surface area contributed by atoms with Crippen molar-refractivity contribution >= 4 is 33.0 Å². The normalized spacial score (nSPS) is 10.6. The summed E-state index contributed by atoms with van der Waals surface area (Å²) in [6.07, 6.45) is 1.51. The van der Waals surface area contributed by atoms with Gasteiger partial charge in [0.2, 0.25) is 0 Å². The Balaban J connectivity index is 2.53. The van der Waals surface area contributed by atoms with Crippen molar-refractivity contribution in [2.75, 3.05) is 5.73 Å². The van der Waals surface area contributed by atoms with Gasteiger partial charge in [0.15, 0.2) is 5.76 Å². The van der Waals surface area contributed by atoms with Crippen LogP contribution >= 0.6 is 27.3 Å². The monoisotopic (exact) mass is 258 g/mol. The average Bonchev–Trinajstić information content (AvgIpc) is 2.60. The summed E-state index contributed by atoms with van der Waals surface area (Å²) >= 11 is 5.06. The van der Waals surface area contributed by atoms with E-state index in [1.165, 1.54) is 11.1 Å². The van der Waals surface area contributed by atoms with E-state index in [4.69, 9.17) is 10.3 Å². The molecule has 2 aromatic heterocycles. The molecule has 2 N–H and O–H groups in total. The number of nitrogens with two attached hydrogens (primary N) is 1. The molecule has 0 unspecified atom stereocenters. The Morgan fingerprint density at radius 3 is 2.85 bits per heavy atom. The fraction of sp³-hybridized carbons (Fsp3) is 0.125. The molecule has 13 heavy (non-hydrogen) atoms. The van der Waals surface area contributed by atoms with Crippen LogP contribution in [0.15, 0.2) is 21.3 Å². The van der Waals surface area contributed by atoms with Crippen LogP contribution in [0.4, 0.5) is 5.69 Å². The molecule has 0 aliphatic heterocycles. The standard InChI is InChI=1S/C8H7BrN2OS/c1-4-5(9)2-7(13-4)8-6(10)3-11-12-8/h2-3H,10H2,1H3. The third kappa shape index (κ3) is 1.49. The second kappa shape index (κ2) is 3.16. The van der Waals surface area contributed by atoms with Gasteiger partial charge in [0, 0.05) is 9.35 Å². The first-order valence-electron chi connectivity index (χ1n) is 3.65. The van der Waals surface area contributed by atoms with Crippen molar-refractivity contribution in [2.45, 2.75) is 6.92 Å². The lowest BCUT2D eigenvalue weighted by molar-refractivity contribution is 0.433. The number of nitrogens with zero attached hydrogens (tertiary/aromatic N) is 1. The number of anilines is 1. The first-order chi connectivity index (χ1) is 6.18. The molecule has 0 amide bonds. The molecule has 0 bridgehead atoms. The predicted molar refractivity (Wildman–Crippen MR) is 56.7 cm³/mol. The van der Waals surface area contributed by atoms with Crippen LogP contribution in [0.1, 0.15) is 4.88 Å². The zero-order chi connectivity index (χ0) is 9.42. The van der Waals surface area contributed by atoms with Crippen molar-refractivity contribution < 1.29 is 4.52 Å². The van der Waals surface area contributed by atoms with Gasteiger partial charge in [-0.2, -0.15) is 0 Å². The number of hydrogen-bond donors (Lipinski definition) is 1. The molecule has 0 aliphatic rings. The number of aromatic nitrogens is 1. The van der Waals surface area contributed by atoms with Crippen molar-refractivity contribution in [2.24, 2.45) is 0 Å². The molecule has 68 valence electrons. The van der Waals surface area contributed by atoms with Crippen molar-refractivity contribution in [3.8, 4) is 10.6 Å². The molecule has 3 nitrogen and oxygen atoms in total. The quantitative estimate of drug-likeness (QED) is 0.856. The van der Waals surface area contributed by atoms with Crippen LogP contribution in [0.5, 0.6) is 0 Å². The third-order valence-electron chi connectivity index (χ3n) is 1.68. The average molecular weight is 259 g/mol. The molecule has 0 radical (unpaired) electrons. The SMILES string of the molecule is Cc1sc(-c2oncc2N)cc1Br. The number of aryl methyl sites for hydroxylation is 1. The Kier molecular flexibility index (Phi) is 2.13. The highest BCUT2D eigenvalue weighted by Crippen LogP contribution is 2.36. The van der Waals surface area contributed by atoms with Gasteiger partial charge >= 0.3 is 0 Å². The van der Waals surface area contributed by atoms with E-state index in [2.05, 4.69) is 21.1 Å². The summed E-state index contributed by atoms with van der Waals surface area (Å²) in [7, 11) is 0. The molecule has 0 fully saturated rings. The lowest BCUT2D eigenvalue weighted by atomic mass is 10.3. The van der Waals surface area contributed by atoms with Crippen LogP contribution in [-0.2, 0) is 0 Å². The van der Waals surface area contributed by atoms with Crippen LogP contribution in [-0.4, -0.2) is 5.16 Å². The Morgan fingerprint density at radius 2 is 2.38 bits per heavy atom. The van der Waals surface area contributed by atoms with Crippen LogP contribution in [0.25, 0.3) is 10.6 Å². The number of thiophene rings is 1. The molecule has 0 aliphatic carbocycles. The van der Waals surface area contributed by atoms with Gasteiger partial charge in [-0.1, -0.05) is 5.16 Å². The van der Waals surface area contributed by atoms with Crippen LogP contribution in [0, 0.1) is 6.92 Å². The third-order valence-corrected chi connectivity index (χ3v) is 3.81. The maximum absolute atomic E-state index is 5.67. The molecule has 2 rings (SSSR count). The van der Waals surface area contributed by atoms with Gasteiger partial charge in [0.1, 0.15) is 5.69 Å². The Bertz CT molecular complexity index is 416. The number of halogens is 1. The second-order valence-electron chi connectivity index (χ2n) is 2.63. The van der Waals surface area contributed by atoms with Gasteiger partial charge in [0.25, 0.3) is 0 Å². The van der Waals surface area contributed by atoms with E-state index in [-0.39, 0.29) is 0 Å². The van der Waals surface area contributed by atoms with Gasteiger partial charge in [-0.05, 0) is 28.9 Å². The highest BCUT2D eigenvalue weighted by Gasteiger charge is 2.11. The topological polar surface area (TPSA) is 52.0 Å². The minimum absolute atomic E-state index is 0.578. The first kappa shape index (κ1) is 8.77. The van der Waals surface area contributed by atoms with Gasteiger partial charge in [0.05, 0.1) is 11.1 Å². The number of rotatable bonds is 1. The molecule has 5 heteroatoms. The van der Waals surface area contributed by atoms with E-state index in [9.17, 15) is 0 Å². The summed E-state index contributed by atoms with van der Waals surface area (Å²) in [6.45, 7) is 2.03. The van der Waals surface area contributed by atoms with Crippen molar-refractivity contribution in [3.63, 3.8) is 0 Å².